The molecular formula is C21H20ClN5O3. The van der Waals surface area contributed by atoms with Crippen molar-refractivity contribution < 1.29 is 9.59 Å². The molecule has 2 heterocycles. The van der Waals surface area contributed by atoms with Gasteiger partial charge in [-0.1, -0.05) is 29.8 Å². The van der Waals surface area contributed by atoms with Crippen LogP contribution in [0.15, 0.2) is 59.7 Å². The average Bonchev–Trinajstić information content (AvgIpc) is 2.77. The molecule has 1 aliphatic heterocycles. The number of aromatic nitrogens is 2. The third-order valence-electron chi connectivity index (χ3n) is 5.04. The molecule has 1 saturated heterocycles. The van der Waals surface area contributed by atoms with E-state index in [1.165, 1.54) is 10.9 Å². The van der Waals surface area contributed by atoms with E-state index in [1.54, 1.807) is 28.0 Å². The number of para-hydroxylation sites is 1. The Kier molecular flexibility index (Phi) is 5.67. The zero-order valence-electron chi connectivity index (χ0n) is 16.1. The minimum absolute atomic E-state index is 0.107. The Labute approximate surface area is 177 Å². The predicted octanol–water partition coefficient (Wildman–Crippen LogP) is 2.43. The van der Waals surface area contributed by atoms with E-state index in [-0.39, 0.29) is 24.0 Å². The lowest BCUT2D eigenvalue weighted by Gasteiger charge is -2.34. The SMILES string of the molecule is O=C(Cn1cnc2ccc(Cl)cc2c1=O)N1CCN(C(=O)Nc2ccccc2)CC1. The van der Waals surface area contributed by atoms with Crippen LogP contribution in [-0.4, -0.2) is 57.5 Å². The van der Waals surface area contributed by atoms with Crippen molar-refractivity contribution in [2.45, 2.75) is 6.54 Å². The van der Waals surface area contributed by atoms with E-state index in [9.17, 15) is 14.4 Å². The molecule has 154 valence electrons. The number of benzene rings is 2. The van der Waals surface area contributed by atoms with Gasteiger partial charge in [0.1, 0.15) is 6.54 Å². The highest BCUT2D eigenvalue weighted by molar-refractivity contribution is 6.31. The van der Waals surface area contributed by atoms with E-state index >= 15 is 0 Å². The maximum Gasteiger partial charge on any atom is 0.321 e. The molecule has 0 spiro atoms. The Morgan fingerprint density at radius 2 is 1.70 bits per heavy atom. The van der Waals surface area contributed by atoms with Crippen molar-refractivity contribution >= 4 is 40.1 Å². The molecular weight excluding hydrogens is 406 g/mol. The van der Waals surface area contributed by atoms with Crippen LogP contribution in [0.2, 0.25) is 5.02 Å². The zero-order valence-corrected chi connectivity index (χ0v) is 16.9. The molecule has 0 bridgehead atoms. The molecule has 0 radical (unpaired) electrons. The van der Waals surface area contributed by atoms with Gasteiger partial charge in [-0.05, 0) is 30.3 Å². The van der Waals surface area contributed by atoms with Crippen LogP contribution < -0.4 is 10.9 Å². The van der Waals surface area contributed by atoms with Gasteiger partial charge < -0.3 is 15.1 Å². The number of rotatable bonds is 3. The van der Waals surface area contributed by atoms with E-state index in [2.05, 4.69) is 10.3 Å². The van der Waals surface area contributed by atoms with Crippen LogP contribution >= 0.6 is 11.6 Å². The summed E-state index contributed by atoms with van der Waals surface area (Å²) in [6, 6.07) is 13.9. The van der Waals surface area contributed by atoms with Crippen molar-refractivity contribution in [2.75, 3.05) is 31.5 Å². The lowest BCUT2D eigenvalue weighted by molar-refractivity contribution is -0.133. The predicted molar refractivity (Wildman–Crippen MR) is 115 cm³/mol. The Morgan fingerprint density at radius 3 is 2.43 bits per heavy atom. The molecule has 0 saturated carbocycles. The lowest BCUT2D eigenvalue weighted by atomic mass is 10.2. The molecule has 0 aliphatic carbocycles. The highest BCUT2D eigenvalue weighted by atomic mass is 35.5. The van der Waals surface area contributed by atoms with Gasteiger partial charge in [0, 0.05) is 36.9 Å². The standard InChI is InChI=1S/C21H20ClN5O3/c22-15-6-7-18-17(12-15)20(29)27(14-23-18)13-19(28)25-8-10-26(11-9-25)21(30)24-16-4-2-1-3-5-16/h1-7,12,14H,8-11,13H2,(H,24,30). The van der Waals surface area contributed by atoms with E-state index in [4.69, 9.17) is 11.6 Å². The third-order valence-corrected chi connectivity index (χ3v) is 5.27. The smallest absolute Gasteiger partial charge is 0.321 e. The molecule has 3 amide bonds. The topological polar surface area (TPSA) is 87.5 Å². The number of nitrogens with one attached hydrogen (secondary N) is 1. The van der Waals surface area contributed by atoms with Gasteiger partial charge in [-0.15, -0.1) is 0 Å². The number of anilines is 1. The third kappa shape index (κ3) is 4.28. The van der Waals surface area contributed by atoms with Gasteiger partial charge in [0.2, 0.25) is 5.91 Å². The minimum Gasteiger partial charge on any atom is -0.338 e. The first-order valence-electron chi connectivity index (χ1n) is 9.55. The summed E-state index contributed by atoms with van der Waals surface area (Å²) in [6.07, 6.45) is 1.38. The zero-order chi connectivity index (χ0) is 21.1. The van der Waals surface area contributed by atoms with Gasteiger partial charge in [0.25, 0.3) is 5.56 Å². The van der Waals surface area contributed by atoms with Gasteiger partial charge in [0.05, 0.1) is 17.2 Å². The molecule has 1 aromatic heterocycles. The number of nitrogens with zero attached hydrogens (tertiary/aromatic N) is 4. The second kappa shape index (κ2) is 8.54. The molecule has 1 aliphatic rings. The van der Waals surface area contributed by atoms with Gasteiger partial charge >= 0.3 is 6.03 Å². The summed E-state index contributed by atoms with van der Waals surface area (Å²) in [7, 11) is 0. The minimum atomic E-state index is -0.309. The maximum atomic E-state index is 12.7. The van der Waals surface area contributed by atoms with Crippen LogP contribution in [0, 0.1) is 0 Å². The number of piperazine rings is 1. The number of halogens is 1. The highest BCUT2D eigenvalue weighted by Gasteiger charge is 2.24. The van der Waals surface area contributed by atoms with Crippen LogP contribution in [-0.2, 0) is 11.3 Å². The van der Waals surface area contributed by atoms with Crippen LogP contribution in [0.3, 0.4) is 0 Å². The largest absolute Gasteiger partial charge is 0.338 e. The molecule has 3 aromatic rings. The molecule has 1 N–H and O–H groups in total. The fraction of sp³-hybridized carbons (Fsp3) is 0.238. The van der Waals surface area contributed by atoms with E-state index < -0.39 is 0 Å². The van der Waals surface area contributed by atoms with E-state index in [0.717, 1.165) is 5.69 Å². The second-order valence-electron chi connectivity index (χ2n) is 7.00. The highest BCUT2D eigenvalue weighted by Crippen LogP contribution is 2.14. The van der Waals surface area contributed by atoms with Crippen molar-refractivity contribution in [1.29, 1.82) is 0 Å². The lowest BCUT2D eigenvalue weighted by Crippen LogP contribution is -2.52. The second-order valence-corrected chi connectivity index (χ2v) is 7.44. The summed E-state index contributed by atoms with van der Waals surface area (Å²) in [5.41, 5.74) is 0.951. The number of urea groups is 1. The Morgan fingerprint density at radius 1 is 1.00 bits per heavy atom. The van der Waals surface area contributed by atoms with Crippen molar-refractivity contribution in [1.82, 2.24) is 19.4 Å². The van der Waals surface area contributed by atoms with Crippen molar-refractivity contribution in [3.63, 3.8) is 0 Å². The quantitative estimate of drug-likeness (QED) is 0.698. The summed E-state index contributed by atoms with van der Waals surface area (Å²) >= 11 is 5.97. The Balaban J connectivity index is 1.37. The molecule has 4 rings (SSSR count). The Bertz CT molecular complexity index is 1140. The van der Waals surface area contributed by atoms with Crippen molar-refractivity contribution in [2.24, 2.45) is 0 Å². The average molecular weight is 426 g/mol. The summed E-state index contributed by atoms with van der Waals surface area (Å²) in [5.74, 6) is -0.191. The fourth-order valence-electron chi connectivity index (χ4n) is 3.37. The maximum absolute atomic E-state index is 12.7. The first kappa shape index (κ1) is 19.9. The fourth-order valence-corrected chi connectivity index (χ4v) is 3.54. The first-order chi connectivity index (χ1) is 14.5. The van der Waals surface area contributed by atoms with Gasteiger partial charge in [-0.2, -0.15) is 0 Å². The summed E-state index contributed by atoms with van der Waals surface area (Å²) in [6.45, 7) is 1.55. The molecule has 1 fully saturated rings. The number of carbonyl (C=O) groups is 2. The van der Waals surface area contributed by atoms with Crippen LogP contribution in [0.1, 0.15) is 0 Å². The molecule has 0 unspecified atom stereocenters. The Hall–Kier alpha value is -3.39. The number of amides is 3. The van der Waals surface area contributed by atoms with Gasteiger partial charge in [-0.25, -0.2) is 9.78 Å². The van der Waals surface area contributed by atoms with Gasteiger partial charge in [-0.3, -0.25) is 14.2 Å². The number of fused-ring (bicyclic) bond motifs is 1. The van der Waals surface area contributed by atoms with E-state index in [1.807, 2.05) is 30.3 Å². The van der Waals surface area contributed by atoms with Gasteiger partial charge in [0.15, 0.2) is 0 Å². The summed E-state index contributed by atoms with van der Waals surface area (Å²) in [5, 5.41) is 3.66. The van der Waals surface area contributed by atoms with Crippen molar-refractivity contribution in [3.8, 4) is 0 Å². The monoisotopic (exact) mass is 425 g/mol. The summed E-state index contributed by atoms with van der Waals surface area (Å²) < 4.78 is 1.29. The number of hydrogen-bond acceptors (Lipinski definition) is 4. The summed E-state index contributed by atoms with van der Waals surface area (Å²) in [4.78, 5) is 45.3. The van der Waals surface area contributed by atoms with Crippen LogP contribution in [0.25, 0.3) is 10.9 Å². The number of carbonyl (C=O) groups excluding carboxylic acids is 2. The van der Waals surface area contributed by atoms with Crippen LogP contribution in [0.5, 0.6) is 0 Å². The van der Waals surface area contributed by atoms with Crippen LogP contribution in [0.4, 0.5) is 10.5 Å². The molecule has 8 nitrogen and oxygen atoms in total. The molecule has 30 heavy (non-hydrogen) atoms. The molecule has 9 heteroatoms. The number of hydrogen-bond donors (Lipinski definition) is 1. The first-order valence-corrected chi connectivity index (χ1v) is 9.92. The van der Waals surface area contributed by atoms with E-state index in [0.29, 0.717) is 42.1 Å². The van der Waals surface area contributed by atoms with Crippen molar-refractivity contribution in [3.05, 3.63) is 70.2 Å². The molecule has 2 aromatic carbocycles. The molecule has 0 atom stereocenters. The normalized spacial score (nSPS) is 14.0.